The predicted octanol–water partition coefficient (Wildman–Crippen LogP) is -0.240. The molecule has 0 bridgehead atoms. The van der Waals surface area contributed by atoms with E-state index in [0.29, 0.717) is 19.0 Å². The van der Waals surface area contributed by atoms with Crippen molar-refractivity contribution >= 4 is 11.8 Å². The minimum absolute atomic E-state index is 0.0284. The van der Waals surface area contributed by atoms with Crippen molar-refractivity contribution in [2.45, 2.75) is 6.10 Å². The molecule has 0 aliphatic carbocycles. The van der Waals surface area contributed by atoms with Crippen molar-refractivity contribution in [1.82, 2.24) is 14.9 Å². The van der Waals surface area contributed by atoms with Crippen LogP contribution in [-0.2, 0) is 4.74 Å². The SMILES string of the molecule is CN1CCOC(c2ncc(C(=O)O)c(N)n2)C1. The lowest BCUT2D eigenvalue weighted by Gasteiger charge is -2.29. The third-order valence-electron chi connectivity index (χ3n) is 2.62. The van der Waals surface area contributed by atoms with Crippen LogP contribution in [0.2, 0.25) is 0 Å². The van der Waals surface area contributed by atoms with E-state index in [1.807, 2.05) is 7.05 Å². The predicted molar refractivity (Wildman–Crippen MR) is 59.6 cm³/mol. The highest BCUT2D eigenvalue weighted by Crippen LogP contribution is 2.19. The van der Waals surface area contributed by atoms with Crippen LogP contribution in [0.15, 0.2) is 6.20 Å². The molecular formula is C10H14N4O3. The molecule has 0 spiro atoms. The number of ether oxygens (including phenoxy) is 1. The van der Waals surface area contributed by atoms with Gasteiger partial charge >= 0.3 is 5.97 Å². The van der Waals surface area contributed by atoms with Crippen LogP contribution in [0.1, 0.15) is 22.3 Å². The molecule has 1 aliphatic rings. The topological polar surface area (TPSA) is 102 Å². The first kappa shape index (κ1) is 11.7. The Kier molecular flexibility index (Phi) is 3.21. The van der Waals surface area contributed by atoms with Gasteiger partial charge in [0.1, 0.15) is 17.5 Å². The number of hydrogen-bond acceptors (Lipinski definition) is 6. The van der Waals surface area contributed by atoms with Crippen LogP contribution in [0.5, 0.6) is 0 Å². The zero-order valence-electron chi connectivity index (χ0n) is 9.46. The minimum atomic E-state index is -1.13. The fourth-order valence-corrected chi connectivity index (χ4v) is 1.66. The van der Waals surface area contributed by atoms with Crippen LogP contribution >= 0.6 is 0 Å². The number of carboxylic acids is 1. The van der Waals surface area contributed by atoms with Crippen LogP contribution < -0.4 is 5.73 Å². The Bertz CT molecular complexity index is 438. The molecule has 1 aromatic rings. The summed E-state index contributed by atoms with van der Waals surface area (Å²) in [6.07, 6.45) is 0.969. The third kappa shape index (κ3) is 2.51. The Morgan fingerprint density at radius 2 is 2.47 bits per heavy atom. The van der Waals surface area contributed by atoms with E-state index in [2.05, 4.69) is 14.9 Å². The van der Waals surface area contributed by atoms with E-state index in [4.69, 9.17) is 15.6 Å². The van der Waals surface area contributed by atoms with Gasteiger partial charge in [0.15, 0.2) is 5.82 Å². The molecule has 1 saturated heterocycles. The van der Waals surface area contributed by atoms with Crippen molar-refractivity contribution in [2.75, 3.05) is 32.5 Å². The molecule has 0 amide bonds. The second-order valence-electron chi connectivity index (χ2n) is 3.95. The maximum absolute atomic E-state index is 10.8. The molecule has 7 nitrogen and oxygen atoms in total. The lowest BCUT2D eigenvalue weighted by Crippen LogP contribution is -2.36. The number of likely N-dealkylation sites (N-methyl/N-ethyl adjacent to an activating group) is 1. The van der Waals surface area contributed by atoms with Crippen molar-refractivity contribution in [3.05, 3.63) is 17.6 Å². The lowest BCUT2D eigenvalue weighted by molar-refractivity contribution is -0.0254. The summed E-state index contributed by atoms with van der Waals surface area (Å²) in [6.45, 7) is 2.14. The van der Waals surface area contributed by atoms with Crippen LogP contribution in [0.4, 0.5) is 5.82 Å². The summed E-state index contributed by atoms with van der Waals surface area (Å²) >= 11 is 0. The number of hydrogen-bond donors (Lipinski definition) is 2. The van der Waals surface area contributed by atoms with Crippen LogP contribution in [0, 0.1) is 0 Å². The van der Waals surface area contributed by atoms with Gasteiger partial charge in [-0.15, -0.1) is 0 Å². The molecule has 0 saturated carbocycles. The van der Waals surface area contributed by atoms with Gasteiger partial charge in [0.05, 0.1) is 6.61 Å². The number of nitrogens with two attached hydrogens (primary N) is 1. The van der Waals surface area contributed by atoms with E-state index in [9.17, 15) is 4.79 Å². The molecule has 92 valence electrons. The highest BCUT2D eigenvalue weighted by atomic mass is 16.5. The summed E-state index contributed by atoms with van der Waals surface area (Å²) in [7, 11) is 1.98. The summed E-state index contributed by atoms with van der Waals surface area (Å²) in [5.41, 5.74) is 5.48. The summed E-state index contributed by atoms with van der Waals surface area (Å²) in [5, 5.41) is 8.81. The number of aromatic nitrogens is 2. The Balaban J connectivity index is 2.22. The van der Waals surface area contributed by atoms with Gasteiger partial charge in [-0.25, -0.2) is 14.8 Å². The first-order valence-electron chi connectivity index (χ1n) is 5.24. The highest BCUT2D eigenvalue weighted by molar-refractivity contribution is 5.92. The molecule has 0 radical (unpaired) electrons. The van der Waals surface area contributed by atoms with E-state index >= 15 is 0 Å². The molecule has 17 heavy (non-hydrogen) atoms. The van der Waals surface area contributed by atoms with E-state index in [1.54, 1.807) is 0 Å². The number of morpholine rings is 1. The van der Waals surface area contributed by atoms with Gasteiger partial charge < -0.3 is 20.5 Å². The molecule has 0 aromatic carbocycles. The second-order valence-corrected chi connectivity index (χ2v) is 3.95. The Hall–Kier alpha value is -1.73. The maximum atomic E-state index is 10.8. The molecule has 3 N–H and O–H groups in total. The van der Waals surface area contributed by atoms with E-state index in [-0.39, 0.29) is 17.5 Å². The number of aromatic carboxylic acids is 1. The number of nitrogens with zero attached hydrogens (tertiary/aromatic N) is 3. The number of anilines is 1. The van der Waals surface area contributed by atoms with Gasteiger partial charge in [-0.3, -0.25) is 0 Å². The molecular weight excluding hydrogens is 224 g/mol. The largest absolute Gasteiger partial charge is 0.477 e. The highest BCUT2D eigenvalue weighted by Gasteiger charge is 2.23. The first-order valence-corrected chi connectivity index (χ1v) is 5.24. The number of nitrogen functional groups attached to an aromatic ring is 1. The minimum Gasteiger partial charge on any atom is -0.477 e. The van der Waals surface area contributed by atoms with Gasteiger partial charge in [0.25, 0.3) is 0 Å². The molecule has 2 heterocycles. The summed E-state index contributed by atoms with van der Waals surface area (Å²) in [6, 6.07) is 0. The monoisotopic (exact) mass is 238 g/mol. The molecule has 1 aliphatic heterocycles. The van der Waals surface area contributed by atoms with Crippen LogP contribution in [0.3, 0.4) is 0 Å². The average molecular weight is 238 g/mol. The van der Waals surface area contributed by atoms with Crippen LogP contribution in [-0.4, -0.2) is 52.7 Å². The normalized spacial score (nSPS) is 21.4. The summed E-state index contributed by atoms with van der Waals surface area (Å²) in [4.78, 5) is 20.8. The van der Waals surface area contributed by atoms with Crippen molar-refractivity contribution < 1.29 is 14.6 Å². The fraction of sp³-hybridized carbons (Fsp3) is 0.500. The summed E-state index contributed by atoms with van der Waals surface area (Å²) < 4.78 is 5.52. The molecule has 7 heteroatoms. The first-order chi connectivity index (χ1) is 8.08. The van der Waals surface area contributed by atoms with Gasteiger partial charge in [-0.2, -0.15) is 0 Å². The fourth-order valence-electron chi connectivity index (χ4n) is 1.66. The van der Waals surface area contributed by atoms with Gasteiger partial charge in [-0.05, 0) is 7.05 Å². The zero-order chi connectivity index (χ0) is 12.4. The molecule has 1 atom stereocenters. The van der Waals surface area contributed by atoms with E-state index in [0.717, 1.165) is 6.54 Å². The smallest absolute Gasteiger partial charge is 0.341 e. The van der Waals surface area contributed by atoms with Crippen molar-refractivity contribution in [2.24, 2.45) is 0 Å². The van der Waals surface area contributed by atoms with Crippen molar-refractivity contribution in [3.8, 4) is 0 Å². The summed E-state index contributed by atoms with van der Waals surface area (Å²) in [5.74, 6) is -0.728. The molecule has 1 fully saturated rings. The zero-order valence-corrected chi connectivity index (χ0v) is 9.46. The van der Waals surface area contributed by atoms with Gasteiger partial charge in [0.2, 0.25) is 0 Å². The molecule has 2 rings (SSSR count). The molecule has 1 unspecified atom stereocenters. The third-order valence-corrected chi connectivity index (χ3v) is 2.62. The quantitative estimate of drug-likeness (QED) is 0.733. The van der Waals surface area contributed by atoms with Gasteiger partial charge in [-0.1, -0.05) is 0 Å². The Morgan fingerprint density at radius 3 is 3.06 bits per heavy atom. The molecule has 1 aromatic heterocycles. The second kappa shape index (κ2) is 4.64. The van der Waals surface area contributed by atoms with Crippen molar-refractivity contribution in [1.29, 1.82) is 0 Å². The standard InChI is InChI=1S/C10H14N4O3/c1-14-2-3-17-7(5-14)9-12-4-6(10(15)16)8(11)13-9/h4,7H,2-3,5H2,1H3,(H,15,16)(H2,11,12,13). The number of rotatable bonds is 2. The maximum Gasteiger partial charge on any atom is 0.341 e. The number of carbonyl (C=O) groups is 1. The Labute approximate surface area is 98.2 Å². The van der Waals surface area contributed by atoms with E-state index < -0.39 is 5.97 Å². The average Bonchev–Trinajstić information content (AvgIpc) is 2.28. The Morgan fingerprint density at radius 1 is 1.71 bits per heavy atom. The number of carboxylic acid groups (broad SMARTS) is 1. The lowest BCUT2D eigenvalue weighted by atomic mass is 10.2. The van der Waals surface area contributed by atoms with E-state index in [1.165, 1.54) is 6.20 Å². The van der Waals surface area contributed by atoms with Crippen molar-refractivity contribution in [3.63, 3.8) is 0 Å². The van der Waals surface area contributed by atoms with Gasteiger partial charge in [0, 0.05) is 19.3 Å². The van der Waals surface area contributed by atoms with Crippen LogP contribution in [0.25, 0.3) is 0 Å².